The molecule has 3 heteroatoms. The molecule has 2 nitrogen and oxygen atoms in total. The molecule has 0 aromatic carbocycles. The van der Waals surface area contributed by atoms with Crippen LogP contribution in [0, 0.1) is 13.8 Å². The minimum Gasteiger partial charge on any atom is -0.305 e. The van der Waals surface area contributed by atoms with E-state index in [2.05, 4.69) is 26.1 Å². The lowest BCUT2D eigenvalue weighted by Crippen LogP contribution is -2.23. The van der Waals surface area contributed by atoms with Crippen molar-refractivity contribution >= 4 is 11.3 Å². The number of unbranched alkanes of at least 4 members (excludes halogenated alkanes) is 4. The van der Waals surface area contributed by atoms with E-state index < -0.39 is 0 Å². The second-order valence-corrected chi connectivity index (χ2v) is 7.12. The van der Waals surface area contributed by atoms with Crippen LogP contribution in [0.15, 0.2) is 0 Å². The molecule has 108 valence electrons. The van der Waals surface area contributed by atoms with Gasteiger partial charge in [-0.3, -0.25) is 0 Å². The number of nitrogens with zero attached hydrogens (tertiary/aromatic N) is 1. The van der Waals surface area contributed by atoms with Gasteiger partial charge < -0.3 is 5.32 Å². The van der Waals surface area contributed by atoms with E-state index in [0.717, 1.165) is 6.04 Å². The van der Waals surface area contributed by atoms with Gasteiger partial charge >= 0.3 is 0 Å². The summed E-state index contributed by atoms with van der Waals surface area (Å²) >= 11 is 1.89. The molecule has 1 heterocycles. The molecule has 1 atom stereocenters. The van der Waals surface area contributed by atoms with Crippen molar-refractivity contribution in [1.82, 2.24) is 10.3 Å². The lowest BCUT2D eigenvalue weighted by atomic mass is 10.1. The summed E-state index contributed by atoms with van der Waals surface area (Å²) in [6.07, 6.45) is 10.8. The first-order valence-electron chi connectivity index (χ1n) is 7.90. The molecule has 1 N–H and O–H groups in total. The minimum atomic E-state index is 0.506. The van der Waals surface area contributed by atoms with Gasteiger partial charge in [-0.2, -0.15) is 0 Å². The highest BCUT2D eigenvalue weighted by atomic mass is 32.1. The molecule has 0 spiro atoms. The maximum Gasteiger partial charge on any atom is 0.110 e. The second kappa shape index (κ2) is 7.39. The van der Waals surface area contributed by atoms with Crippen LogP contribution in [0.5, 0.6) is 0 Å². The molecule has 1 aromatic rings. The summed E-state index contributed by atoms with van der Waals surface area (Å²) in [6, 6.07) is 1.27. The Labute approximate surface area is 122 Å². The van der Waals surface area contributed by atoms with E-state index in [-0.39, 0.29) is 0 Å². The molecular weight excluding hydrogens is 252 g/mol. The minimum absolute atomic E-state index is 0.506. The number of aromatic nitrogens is 1. The van der Waals surface area contributed by atoms with Crippen molar-refractivity contribution in [1.29, 1.82) is 0 Å². The smallest absolute Gasteiger partial charge is 0.110 e. The molecule has 0 aliphatic heterocycles. The largest absolute Gasteiger partial charge is 0.305 e. The van der Waals surface area contributed by atoms with E-state index in [1.807, 2.05) is 11.3 Å². The Hall–Kier alpha value is -0.410. The average molecular weight is 280 g/mol. The molecule has 1 unspecified atom stereocenters. The zero-order valence-electron chi connectivity index (χ0n) is 12.7. The zero-order valence-corrected chi connectivity index (χ0v) is 13.5. The molecule has 0 radical (unpaired) electrons. The summed E-state index contributed by atoms with van der Waals surface area (Å²) in [7, 11) is 0. The van der Waals surface area contributed by atoms with Crippen LogP contribution in [0.25, 0.3) is 0 Å². The first-order chi connectivity index (χ1) is 9.20. The fraction of sp³-hybridized carbons (Fsp3) is 0.812. The third-order valence-corrected chi connectivity index (χ3v) is 5.14. The molecular formula is C16H28N2S. The van der Waals surface area contributed by atoms with Gasteiger partial charge in [0.2, 0.25) is 0 Å². The van der Waals surface area contributed by atoms with Crippen LogP contribution in [0.2, 0.25) is 0 Å². The Bertz CT molecular complexity index is 363. The van der Waals surface area contributed by atoms with Crippen molar-refractivity contribution in [3.05, 3.63) is 15.6 Å². The predicted octanol–water partition coefficient (Wildman–Crippen LogP) is 4.91. The Morgan fingerprint density at radius 2 is 1.95 bits per heavy atom. The molecule has 0 amide bonds. The molecule has 1 fully saturated rings. The number of nitrogens with one attached hydrogen (secondary N) is 1. The van der Waals surface area contributed by atoms with Crippen molar-refractivity contribution in [2.45, 2.75) is 84.2 Å². The highest BCUT2D eigenvalue weighted by Crippen LogP contribution is 2.30. The lowest BCUT2D eigenvalue weighted by molar-refractivity contribution is 0.463. The Morgan fingerprint density at radius 1 is 1.21 bits per heavy atom. The highest BCUT2D eigenvalue weighted by molar-refractivity contribution is 7.11. The monoisotopic (exact) mass is 280 g/mol. The summed E-state index contributed by atoms with van der Waals surface area (Å²) in [5, 5.41) is 5.10. The fourth-order valence-electron chi connectivity index (χ4n) is 2.41. The van der Waals surface area contributed by atoms with E-state index in [0.29, 0.717) is 6.04 Å². The third kappa shape index (κ3) is 4.88. The van der Waals surface area contributed by atoms with Crippen LogP contribution in [-0.2, 0) is 0 Å². The molecule has 19 heavy (non-hydrogen) atoms. The van der Waals surface area contributed by atoms with Crippen LogP contribution in [0.3, 0.4) is 0 Å². The summed E-state index contributed by atoms with van der Waals surface area (Å²) in [6.45, 7) is 6.59. The van der Waals surface area contributed by atoms with Crippen molar-refractivity contribution in [2.24, 2.45) is 0 Å². The van der Waals surface area contributed by atoms with Gasteiger partial charge in [0.05, 0.1) is 11.7 Å². The number of thiazole rings is 1. The quantitative estimate of drug-likeness (QED) is 0.650. The SMILES string of the molecule is CCCCCCCC(NC1CC1)c1nc(C)c(C)s1. The van der Waals surface area contributed by atoms with Gasteiger partial charge in [0.25, 0.3) is 0 Å². The molecule has 1 aliphatic rings. The van der Waals surface area contributed by atoms with Crippen LogP contribution in [0.1, 0.15) is 79.9 Å². The van der Waals surface area contributed by atoms with Crippen molar-refractivity contribution in [3.8, 4) is 0 Å². The summed E-state index contributed by atoms with van der Waals surface area (Å²) in [4.78, 5) is 6.14. The fourth-order valence-corrected chi connectivity index (χ4v) is 3.43. The Balaban J connectivity index is 1.84. The van der Waals surface area contributed by atoms with E-state index >= 15 is 0 Å². The van der Waals surface area contributed by atoms with Gasteiger partial charge in [0.15, 0.2) is 0 Å². The third-order valence-electron chi connectivity index (χ3n) is 3.95. The summed E-state index contributed by atoms with van der Waals surface area (Å²) < 4.78 is 0. The van der Waals surface area contributed by atoms with Crippen LogP contribution >= 0.6 is 11.3 Å². The predicted molar refractivity (Wildman–Crippen MR) is 83.9 cm³/mol. The molecule has 1 saturated carbocycles. The van der Waals surface area contributed by atoms with Gasteiger partial charge in [-0.05, 0) is 33.1 Å². The molecule has 1 aromatic heterocycles. The normalized spacial score (nSPS) is 16.8. The maximum atomic E-state index is 4.76. The molecule has 1 aliphatic carbocycles. The second-order valence-electron chi connectivity index (χ2n) is 5.89. The summed E-state index contributed by atoms with van der Waals surface area (Å²) in [5.41, 5.74) is 1.22. The summed E-state index contributed by atoms with van der Waals surface area (Å²) in [5.74, 6) is 0. The van der Waals surface area contributed by atoms with Gasteiger partial charge in [-0.25, -0.2) is 4.98 Å². The number of rotatable bonds is 9. The zero-order chi connectivity index (χ0) is 13.7. The molecule has 0 saturated heterocycles. The van der Waals surface area contributed by atoms with Gasteiger partial charge in [0.1, 0.15) is 5.01 Å². The van der Waals surface area contributed by atoms with Gasteiger partial charge in [-0.1, -0.05) is 39.0 Å². The topological polar surface area (TPSA) is 24.9 Å². The van der Waals surface area contributed by atoms with E-state index in [4.69, 9.17) is 4.98 Å². The van der Waals surface area contributed by atoms with Gasteiger partial charge in [0, 0.05) is 10.9 Å². The first kappa shape index (κ1) is 15.0. The van der Waals surface area contributed by atoms with Crippen LogP contribution in [-0.4, -0.2) is 11.0 Å². The van der Waals surface area contributed by atoms with Crippen molar-refractivity contribution < 1.29 is 0 Å². The average Bonchev–Trinajstić information content (AvgIpc) is 3.14. The highest BCUT2D eigenvalue weighted by Gasteiger charge is 2.26. The van der Waals surface area contributed by atoms with E-state index in [1.165, 1.54) is 66.9 Å². The Morgan fingerprint density at radius 3 is 2.53 bits per heavy atom. The maximum absolute atomic E-state index is 4.76. The Kier molecular flexibility index (Phi) is 5.83. The van der Waals surface area contributed by atoms with Crippen molar-refractivity contribution in [3.63, 3.8) is 0 Å². The first-order valence-corrected chi connectivity index (χ1v) is 8.72. The van der Waals surface area contributed by atoms with Crippen molar-refractivity contribution in [2.75, 3.05) is 0 Å². The number of aryl methyl sites for hydroxylation is 2. The number of hydrogen-bond donors (Lipinski definition) is 1. The standard InChI is InChI=1S/C16H28N2S/c1-4-5-6-7-8-9-15(18-14-10-11-14)16-17-12(2)13(3)19-16/h14-15,18H,4-11H2,1-3H3. The molecule has 0 bridgehead atoms. The van der Waals surface area contributed by atoms with E-state index in [9.17, 15) is 0 Å². The van der Waals surface area contributed by atoms with Crippen LogP contribution in [0.4, 0.5) is 0 Å². The molecule has 2 rings (SSSR count). The van der Waals surface area contributed by atoms with Gasteiger partial charge in [-0.15, -0.1) is 11.3 Å². The number of hydrogen-bond acceptors (Lipinski definition) is 3. The lowest BCUT2D eigenvalue weighted by Gasteiger charge is -2.16. The van der Waals surface area contributed by atoms with Crippen LogP contribution < -0.4 is 5.32 Å². The van der Waals surface area contributed by atoms with E-state index in [1.54, 1.807) is 0 Å².